The first-order valence-electron chi connectivity index (χ1n) is 5.84. The van der Waals surface area contributed by atoms with Crippen molar-refractivity contribution in [2.24, 2.45) is 0 Å². The second-order valence-corrected chi connectivity index (χ2v) is 6.30. The van der Waals surface area contributed by atoms with Crippen LogP contribution in [0.2, 0.25) is 0 Å². The molecule has 0 atom stereocenters. The van der Waals surface area contributed by atoms with E-state index in [1.165, 1.54) is 0 Å². The fourth-order valence-corrected chi connectivity index (χ4v) is 2.94. The molecule has 1 saturated heterocycles. The van der Waals surface area contributed by atoms with Crippen molar-refractivity contribution in [1.29, 1.82) is 0 Å². The molecule has 0 aromatic heterocycles. The van der Waals surface area contributed by atoms with Crippen LogP contribution in [-0.4, -0.2) is 52.2 Å². The highest BCUT2D eigenvalue weighted by Gasteiger charge is 2.19. The molecule has 1 aliphatic heterocycles. The maximum atomic E-state index is 11.7. The number of carbonyl (C=O) groups excluding carboxylic acids is 1. The highest BCUT2D eigenvalue weighted by molar-refractivity contribution is 7.85. The Morgan fingerprint density at radius 2 is 2.00 bits per heavy atom. The van der Waals surface area contributed by atoms with Crippen LogP contribution in [0.25, 0.3) is 0 Å². The average molecular weight is 246 g/mol. The number of nitrogens with zero attached hydrogens (tertiary/aromatic N) is 1. The van der Waals surface area contributed by atoms with Crippen molar-refractivity contribution >= 4 is 16.7 Å². The van der Waals surface area contributed by atoms with Crippen LogP contribution < -0.4 is 5.32 Å². The van der Waals surface area contributed by atoms with Crippen molar-refractivity contribution in [3.8, 4) is 0 Å². The highest BCUT2D eigenvalue weighted by atomic mass is 32.2. The molecule has 94 valence electrons. The van der Waals surface area contributed by atoms with Gasteiger partial charge in [0.1, 0.15) is 0 Å². The largest absolute Gasteiger partial charge is 0.342 e. The summed E-state index contributed by atoms with van der Waals surface area (Å²) in [6.45, 7) is 4.40. The molecule has 1 N–H and O–H groups in total. The Balaban J connectivity index is 2.24. The van der Waals surface area contributed by atoms with E-state index < -0.39 is 10.8 Å². The standard InChI is InChI=1S/C11H22N2O2S/c1-9(2)13(3)11(14)8-12-10-4-6-16(15)7-5-10/h9-10,12H,4-8H2,1-3H3. The molecule has 0 bridgehead atoms. The molecule has 0 aliphatic carbocycles. The molecule has 1 amide bonds. The van der Waals surface area contributed by atoms with E-state index in [0.717, 1.165) is 24.3 Å². The van der Waals surface area contributed by atoms with Gasteiger partial charge in [-0.15, -0.1) is 0 Å². The fourth-order valence-electron chi connectivity index (χ4n) is 1.64. The smallest absolute Gasteiger partial charge is 0.236 e. The number of hydrogen-bond donors (Lipinski definition) is 1. The maximum Gasteiger partial charge on any atom is 0.236 e. The summed E-state index contributed by atoms with van der Waals surface area (Å²) >= 11 is 0. The summed E-state index contributed by atoms with van der Waals surface area (Å²) < 4.78 is 11.2. The van der Waals surface area contributed by atoms with Crippen molar-refractivity contribution in [3.05, 3.63) is 0 Å². The predicted octanol–water partition coefficient (Wildman–Crippen LogP) is 0.354. The van der Waals surface area contributed by atoms with Crippen LogP contribution in [-0.2, 0) is 15.6 Å². The molecule has 1 rings (SSSR count). The first kappa shape index (κ1) is 13.6. The number of nitrogens with one attached hydrogen (secondary N) is 1. The molecule has 0 aromatic carbocycles. The van der Waals surface area contributed by atoms with E-state index in [1.54, 1.807) is 4.90 Å². The molecule has 1 fully saturated rings. The van der Waals surface area contributed by atoms with Crippen LogP contribution in [0.5, 0.6) is 0 Å². The monoisotopic (exact) mass is 246 g/mol. The van der Waals surface area contributed by atoms with E-state index in [0.29, 0.717) is 12.6 Å². The van der Waals surface area contributed by atoms with E-state index >= 15 is 0 Å². The van der Waals surface area contributed by atoms with Gasteiger partial charge in [-0.1, -0.05) is 0 Å². The van der Waals surface area contributed by atoms with Gasteiger partial charge in [0.2, 0.25) is 5.91 Å². The zero-order valence-corrected chi connectivity index (χ0v) is 11.2. The zero-order chi connectivity index (χ0) is 12.1. The van der Waals surface area contributed by atoms with Crippen LogP contribution in [0.3, 0.4) is 0 Å². The molecule has 16 heavy (non-hydrogen) atoms. The van der Waals surface area contributed by atoms with Gasteiger partial charge >= 0.3 is 0 Å². The van der Waals surface area contributed by atoms with Crippen molar-refractivity contribution < 1.29 is 9.00 Å². The van der Waals surface area contributed by atoms with Gasteiger partial charge in [0, 0.05) is 41.4 Å². The molecule has 1 heterocycles. The van der Waals surface area contributed by atoms with Crippen molar-refractivity contribution in [2.45, 2.75) is 38.8 Å². The zero-order valence-electron chi connectivity index (χ0n) is 10.4. The van der Waals surface area contributed by atoms with Crippen LogP contribution in [0.4, 0.5) is 0 Å². The minimum absolute atomic E-state index is 0.127. The molecule has 0 aromatic rings. The Hall–Kier alpha value is -0.420. The van der Waals surface area contributed by atoms with E-state index in [9.17, 15) is 9.00 Å². The Labute approximate surface area is 100 Å². The van der Waals surface area contributed by atoms with Gasteiger partial charge in [-0.2, -0.15) is 0 Å². The fraction of sp³-hybridized carbons (Fsp3) is 0.909. The normalized spacial score (nSPS) is 25.8. The van der Waals surface area contributed by atoms with Gasteiger partial charge < -0.3 is 10.2 Å². The molecular formula is C11H22N2O2S. The molecule has 0 unspecified atom stereocenters. The van der Waals surface area contributed by atoms with E-state index in [1.807, 2.05) is 20.9 Å². The van der Waals surface area contributed by atoms with Gasteiger partial charge in [0.15, 0.2) is 0 Å². The molecule has 0 radical (unpaired) electrons. The van der Waals surface area contributed by atoms with Crippen molar-refractivity contribution in [2.75, 3.05) is 25.1 Å². The topological polar surface area (TPSA) is 49.4 Å². The average Bonchev–Trinajstić information content (AvgIpc) is 2.26. The van der Waals surface area contributed by atoms with E-state index in [4.69, 9.17) is 0 Å². The van der Waals surface area contributed by atoms with E-state index in [2.05, 4.69) is 5.32 Å². The van der Waals surface area contributed by atoms with Gasteiger partial charge in [-0.25, -0.2) is 0 Å². The third-order valence-corrected chi connectivity index (χ3v) is 4.48. The Bertz CT molecular complexity index is 259. The van der Waals surface area contributed by atoms with Crippen LogP contribution in [0.1, 0.15) is 26.7 Å². The lowest BCUT2D eigenvalue weighted by Crippen LogP contribution is -2.44. The minimum Gasteiger partial charge on any atom is -0.342 e. The Morgan fingerprint density at radius 1 is 1.44 bits per heavy atom. The number of carbonyl (C=O) groups is 1. The van der Waals surface area contributed by atoms with Gasteiger partial charge in [-0.3, -0.25) is 9.00 Å². The molecule has 5 heteroatoms. The van der Waals surface area contributed by atoms with Gasteiger partial charge in [-0.05, 0) is 26.7 Å². The highest BCUT2D eigenvalue weighted by Crippen LogP contribution is 2.08. The first-order valence-corrected chi connectivity index (χ1v) is 7.33. The summed E-state index contributed by atoms with van der Waals surface area (Å²) in [6.07, 6.45) is 1.84. The SMILES string of the molecule is CC(C)N(C)C(=O)CNC1CCS(=O)CC1. The molecule has 0 spiro atoms. The second-order valence-electron chi connectivity index (χ2n) is 4.60. The summed E-state index contributed by atoms with van der Waals surface area (Å²) in [5.41, 5.74) is 0. The van der Waals surface area contributed by atoms with Crippen molar-refractivity contribution in [3.63, 3.8) is 0 Å². The summed E-state index contributed by atoms with van der Waals surface area (Å²) in [5.74, 6) is 1.67. The second kappa shape index (κ2) is 6.35. The van der Waals surface area contributed by atoms with Crippen LogP contribution >= 0.6 is 0 Å². The predicted molar refractivity (Wildman–Crippen MR) is 66.8 cm³/mol. The Kier molecular flexibility index (Phi) is 5.41. The van der Waals surface area contributed by atoms with Gasteiger partial charge in [0.05, 0.1) is 6.54 Å². The Morgan fingerprint density at radius 3 is 2.50 bits per heavy atom. The van der Waals surface area contributed by atoms with Crippen LogP contribution in [0.15, 0.2) is 0 Å². The summed E-state index contributed by atoms with van der Waals surface area (Å²) in [5, 5.41) is 3.25. The summed E-state index contributed by atoms with van der Waals surface area (Å²) in [6, 6.07) is 0.607. The van der Waals surface area contributed by atoms with Crippen LogP contribution in [0, 0.1) is 0 Å². The number of amides is 1. The number of rotatable bonds is 4. The lowest BCUT2D eigenvalue weighted by atomic mass is 10.1. The maximum absolute atomic E-state index is 11.7. The third-order valence-electron chi connectivity index (χ3n) is 3.10. The van der Waals surface area contributed by atoms with Crippen molar-refractivity contribution in [1.82, 2.24) is 10.2 Å². The summed E-state index contributed by atoms with van der Waals surface area (Å²) in [4.78, 5) is 13.4. The van der Waals surface area contributed by atoms with E-state index in [-0.39, 0.29) is 11.9 Å². The number of likely N-dealkylation sites (N-methyl/N-ethyl adjacent to an activating group) is 1. The quantitative estimate of drug-likeness (QED) is 0.779. The minimum atomic E-state index is -0.627. The molecule has 1 aliphatic rings. The molecule has 0 saturated carbocycles. The lowest BCUT2D eigenvalue weighted by molar-refractivity contribution is -0.130. The first-order chi connectivity index (χ1) is 7.50. The molecular weight excluding hydrogens is 224 g/mol. The summed E-state index contributed by atoms with van der Waals surface area (Å²) in [7, 11) is 1.20. The third kappa shape index (κ3) is 4.22. The molecule has 4 nitrogen and oxygen atoms in total. The lowest BCUT2D eigenvalue weighted by Gasteiger charge is -2.25. The number of hydrogen-bond acceptors (Lipinski definition) is 3. The van der Waals surface area contributed by atoms with Gasteiger partial charge in [0.25, 0.3) is 0 Å².